The number of benzene rings is 1. The van der Waals surface area contributed by atoms with Crippen LogP contribution in [0, 0.1) is 0 Å². The fraction of sp³-hybridized carbons (Fsp3) is 0.368. The van der Waals surface area contributed by atoms with Gasteiger partial charge in [0.1, 0.15) is 11.6 Å². The van der Waals surface area contributed by atoms with Crippen molar-refractivity contribution < 1.29 is 4.74 Å². The molecule has 3 aromatic rings. The lowest BCUT2D eigenvalue weighted by molar-refractivity contribution is 0.416. The van der Waals surface area contributed by atoms with E-state index in [2.05, 4.69) is 16.5 Å². The smallest absolute Gasteiger partial charge is 0.157 e. The maximum absolute atomic E-state index is 5.50. The molecule has 2 heterocycles. The third-order valence-electron chi connectivity index (χ3n) is 4.70. The van der Waals surface area contributed by atoms with Crippen molar-refractivity contribution in [3.05, 3.63) is 42.6 Å². The summed E-state index contributed by atoms with van der Waals surface area (Å²) >= 11 is 0. The Labute approximate surface area is 141 Å². The monoisotopic (exact) mass is 322 g/mol. The fourth-order valence-corrected chi connectivity index (χ4v) is 3.47. The van der Waals surface area contributed by atoms with Crippen molar-refractivity contribution in [1.29, 1.82) is 0 Å². The average Bonchev–Trinajstić information content (AvgIpc) is 3.11. The highest BCUT2D eigenvalue weighted by Crippen LogP contribution is 2.31. The predicted octanol–water partition coefficient (Wildman–Crippen LogP) is 4.15. The minimum Gasteiger partial charge on any atom is -0.496 e. The summed E-state index contributed by atoms with van der Waals surface area (Å²) in [5, 5.41) is 8.10. The number of hydrogen-bond donors (Lipinski definition) is 1. The molecule has 0 atom stereocenters. The Morgan fingerprint density at radius 1 is 1.12 bits per heavy atom. The highest BCUT2D eigenvalue weighted by molar-refractivity contribution is 5.71. The molecule has 1 aliphatic carbocycles. The zero-order valence-corrected chi connectivity index (χ0v) is 13.9. The quantitative estimate of drug-likeness (QED) is 0.784. The molecule has 2 aromatic heterocycles. The van der Waals surface area contributed by atoms with Gasteiger partial charge in [-0.3, -0.25) is 0 Å². The van der Waals surface area contributed by atoms with E-state index >= 15 is 0 Å². The number of fused-ring (bicyclic) bond motifs is 1. The molecule has 0 radical (unpaired) electrons. The van der Waals surface area contributed by atoms with Gasteiger partial charge in [0, 0.05) is 23.7 Å². The molecule has 1 fully saturated rings. The Morgan fingerprint density at radius 2 is 1.96 bits per heavy atom. The Bertz CT molecular complexity index is 836. The first kappa shape index (κ1) is 15.0. The number of para-hydroxylation sites is 1. The highest BCUT2D eigenvalue weighted by atomic mass is 16.5. The second-order valence-corrected chi connectivity index (χ2v) is 6.31. The van der Waals surface area contributed by atoms with Crippen molar-refractivity contribution in [2.75, 3.05) is 12.4 Å². The first-order chi connectivity index (χ1) is 11.8. The third kappa shape index (κ3) is 2.82. The molecular weight excluding hydrogens is 300 g/mol. The highest BCUT2D eigenvalue weighted by Gasteiger charge is 2.17. The number of ether oxygens (including phenoxy) is 1. The van der Waals surface area contributed by atoms with E-state index in [1.807, 2.05) is 34.8 Å². The van der Waals surface area contributed by atoms with Crippen LogP contribution in [0.4, 0.5) is 5.82 Å². The molecule has 0 bridgehead atoms. The Balaban J connectivity index is 1.77. The minimum atomic E-state index is 0.513. The summed E-state index contributed by atoms with van der Waals surface area (Å²) in [5.41, 5.74) is 2.74. The maximum atomic E-state index is 5.50. The van der Waals surface area contributed by atoms with Crippen molar-refractivity contribution in [2.45, 2.75) is 38.1 Å². The summed E-state index contributed by atoms with van der Waals surface area (Å²) in [5.74, 6) is 1.83. The van der Waals surface area contributed by atoms with Crippen LogP contribution in [0.2, 0.25) is 0 Å². The number of methoxy groups -OCH3 is 1. The number of hydrogen-bond acceptors (Lipinski definition) is 4. The first-order valence-corrected chi connectivity index (χ1v) is 8.60. The minimum absolute atomic E-state index is 0.513. The van der Waals surface area contributed by atoms with E-state index in [-0.39, 0.29) is 0 Å². The van der Waals surface area contributed by atoms with Gasteiger partial charge in [-0.15, -0.1) is 0 Å². The van der Waals surface area contributed by atoms with Crippen LogP contribution in [-0.4, -0.2) is 27.7 Å². The normalized spacial score (nSPS) is 15.5. The van der Waals surface area contributed by atoms with Crippen molar-refractivity contribution in [1.82, 2.24) is 14.6 Å². The molecule has 124 valence electrons. The summed E-state index contributed by atoms with van der Waals surface area (Å²) < 4.78 is 7.38. The predicted molar refractivity (Wildman–Crippen MR) is 95.5 cm³/mol. The van der Waals surface area contributed by atoms with Crippen molar-refractivity contribution in [2.24, 2.45) is 0 Å². The van der Waals surface area contributed by atoms with E-state index in [1.165, 1.54) is 32.1 Å². The van der Waals surface area contributed by atoms with Crippen LogP contribution in [0.15, 0.2) is 42.6 Å². The van der Waals surface area contributed by atoms with Crippen LogP contribution < -0.4 is 10.1 Å². The number of aromatic nitrogens is 3. The fourth-order valence-electron chi connectivity index (χ4n) is 3.47. The second-order valence-electron chi connectivity index (χ2n) is 6.31. The molecule has 1 saturated carbocycles. The SMILES string of the molecule is COc1ccccc1-c1cc(NC2CCCCC2)n2nccc2n1. The lowest BCUT2D eigenvalue weighted by atomic mass is 9.95. The van der Waals surface area contributed by atoms with Crippen LogP contribution in [0.5, 0.6) is 5.75 Å². The lowest BCUT2D eigenvalue weighted by Gasteiger charge is -2.24. The summed E-state index contributed by atoms with van der Waals surface area (Å²) in [6.45, 7) is 0. The van der Waals surface area contributed by atoms with E-state index in [0.717, 1.165) is 28.5 Å². The maximum Gasteiger partial charge on any atom is 0.157 e. The van der Waals surface area contributed by atoms with Crippen molar-refractivity contribution in [3.63, 3.8) is 0 Å². The summed E-state index contributed by atoms with van der Waals surface area (Å²) in [6.07, 6.45) is 8.16. The van der Waals surface area contributed by atoms with Gasteiger partial charge in [-0.1, -0.05) is 31.4 Å². The molecule has 0 unspecified atom stereocenters. The van der Waals surface area contributed by atoms with E-state index in [4.69, 9.17) is 9.72 Å². The van der Waals surface area contributed by atoms with E-state index < -0.39 is 0 Å². The molecule has 5 nitrogen and oxygen atoms in total. The summed E-state index contributed by atoms with van der Waals surface area (Å²) in [6, 6.07) is 12.5. The molecule has 0 spiro atoms. The van der Waals surface area contributed by atoms with Gasteiger partial charge in [0.25, 0.3) is 0 Å². The van der Waals surface area contributed by atoms with E-state index in [1.54, 1.807) is 13.3 Å². The topological polar surface area (TPSA) is 51.5 Å². The molecule has 0 saturated heterocycles. The third-order valence-corrected chi connectivity index (χ3v) is 4.70. The molecule has 1 aliphatic rings. The van der Waals surface area contributed by atoms with Gasteiger partial charge in [0.15, 0.2) is 5.65 Å². The second kappa shape index (κ2) is 6.51. The number of nitrogens with one attached hydrogen (secondary N) is 1. The van der Waals surface area contributed by atoms with Crippen LogP contribution in [0.25, 0.3) is 16.9 Å². The van der Waals surface area contributed by atoms with Crippen LogP contribution in [-0.2, 0) is 0 Å². The zero-order valence-electron chi connectivity index (χ0n) is 13.9. The van der Waals surface area contributed by atoms with Crippen LogP contribution in [0.3, 0.4) is 0 Å². The van der Waals surface area contributed by atoms with Gasteiger partial charge >= 0.3 is 0 Å². The average molecular weight is 322 g/mol. The number of rotatable bonds is 4. The van der Waals surface area contributed by atoms with Gasteiger partial charge < -0.3 is 10.1 Å². The lowest BCUT2D eigenvalue weighted by Crippen LogP contribution is -2.23. The Morgan fingerprint density at radius 3 is 2.79 bits per heavy atom. The standard InChI is InChI=1S/C19H22N4O/c1-24-17-10-6-5-9-15(17)16-13-19(21-14-7-3-2-4-8-14)23-18(22-16)11-12-20-23/h5-6,9-14,21H,2-4,7-8H2,1H3. The molecule has 5 heteroatoms. The largest absolute Gasteiger partial charge is 0.496 e. The van der Waals surface area contributed by atoms with E-state index in [9.17, 15) is 0 Å². The first-order valence-electron chi connectivity index (χ1n) is 8.60. The number of anilines is 1. The van der Waals surface area contributed by atoms with Gasteiger partial charge in [-0.2, -0.15) is 9.61 Å². The molecule has 1 aromatic carbocycles. The van der Waals surface area contributed by atoms with Gasteiger partial charge in [-0.05, 0) is 25.0 Å². The summed E-state index contributed by atoms with van der Waals surface area (Å²) in [7, 11) is 1.69. The molecular formula is C19H22N4O. The molecule has 1 N–H and O–H groups in total. The molecule has 0 amide bonds. The van der Waals surface area contributed by atoms with Gasteiger partial charge in [-0.25, -0.2) is 4.98 Å². The van der Waals surface area contributed by atoms with E-state index in [0.29, 0.717) is 6.04 Å². The van der Waals surface area contributed by atoms with Crippen LogP contribution >= 0.6 is 0 Å². The zero-order chi connectivity index (χ0) is 16.4. The Hall–Kier alpha value is -2.56. The van der Waals surface area contributed by atoms with Crippen molar-refractivity contribution in [3.8, 4) is 17.0 Å². The Kier molecular flexibility index (Phi) is 4.07. The molecule has 24 heavy (non-hydrogen) atoms. The van der Waals surface area contributed by atoms with Crippen molar-refractivity contribution >= 4 is 11.5 Å². The van der Waals surface area contributed by atoms with Gasteiger partial charge in [0.05, 0.1) is 19.0 Å². The van der Waals surface area contributed by atoms with Crippen LogP contribution in [0.1, 0.15) is 32.1 Å². The molecule has 4 rings (SSSR count). The summed E-state index contributed by atoms with van der Waals surface area (Å²) in [4.78, 5) is 4.75. The number of nitrogens with zero attached hydrogens (tertiary/aromatic N) is 3. The van der Waals surface area contributed by atoms with Gasteiger partial charge in [0.2, 0.25) is 0 Å². The molecule has 0 aliphatic heterocycles.